The molecule has 0 unspecified atom stereocenters. The minimum Gasteiger partial charge on any atom is -0.311 e. The molecule has 3 rings (SSSR count). The minimum absolute atomic E-state index is 0.00741. The standard InChI is InChI=1S/C16H13ClF3N5O/c1-8(11-4-3-10(5-12(11)17)16(18,19)20)13-7-21-25(24-13)14-6-15(26)23-9(2)22-14/h3-8H,1-2H3,(H,22,23,26)/t8-/m1/s1. The summed E-state index contributed by atoms with van der Waals surface area (Å²) >= 11 is 6.03. The first-order valence-electron chi connectivity index (χ1n) is 7.52. The largest absolute Gasteiger partial charge is 0.416 e. The third kappa shape index (κ3) is 3.62. The topological polar surface area (TPSA) is 76.5 Å². The Labute approximate surface area is 150 Å². The highest BCUT2D eigenvalue weighted by Gasteiger charge is 2.31. The maximum atomic E-state index is 12.8. The summed E-state index contributed by atoms with van der Waals surface area (Å²) in [6.07, 6.45) is -3.00. The number of aromatic amines is 1. The molecule has 1 N–H and O–H groups in total. The number of hydrogen-bond donors (Lipinski definition) is 1. The number of alkyl halides is 3. The fourth-order valence-corrected chi connectivity index (χ4v) is 2.81. The number of H-pyrrole nitrogens is 1. The number of halogens is 4. The van der Waals surface area contributed by atoms with Gasteiger partial charge < -0.3 is 4.98 Å². The average Bonchev–Trinajstić information content (AvgIpc) is 3.02. The first kappa shape index (κ1) is 18.1. The molecule has 0 fully saturated rings. The monoisotopic (exact) mass is 383 g/mol. The van der Waals surface area contributed by atoms with Crippen LogP contribution in [-0.2, 0) is 6.18 Å². The van der Waals surface area contributed by atoms with Gasteiger partial charge in [-0.1, -0.05) is 24.6 Å². The van der Waals surface area contributed by atoms with Crippen LogP contribution in [0.15, 0.2) is 35.3 Å². The van der Waals surface area contributed by atoms with Gasteiger partial charge in [-0.3, -0.25) is 4.79 Å². The van der Waals surface area contributed by atoms with Crippen LogP contribution in [0.2, 0.25) is 5.02 Å². The molecule has 0 aliphatic rings. The number of benzene rings is 1. The highest BCUT2D eigenvalue weighted by molar-refractivity contribution is 6.31. The molecule has 0 saturated carbocycles. The number of aromatic nitrogens is 5. The van der Waals surface area contributed by atoms with Gasteiger partial charge in [0.05, 0.1) is 23.5 Å². The van der Waals surface area contributed by atoms with Crippen LogP contribution < -0.4 is 5.56 Å². The Balaban J connectivity index is 1.93. The van der Waals surface area contributed by atoms with Gasteiger partial charge in [0.25, 0.3) is 5.56 Å². The lowest BCUT2D eigenvalue weighted by Crippen LogP contribution is -2.13. The van der Waals surface area contributed by atoms with E-state index >= 15 is 0 Å². The third-order valence-electron chi connectivity index (χ3n) is 3.80. The van der Waals surface area contributed by atoms with Crippen molar-refractivity contribution < 1.29 is 13.2 Å². The van der Waals surface area contributed by atoms with Crippen LogP contribution in [0.1, 0.15) is 35.5 Å². The second-order valence-electron chi connectivity index (χ2n) is 5.70. The van der Waals surface area contributed by atoms with Crippen LogP contribution in [0, 0.1) is 6.92 Å². The second-order valence-corrected chi connectivity index (χ2v) is 6.11. The molecule has 0 saturated heterocycles. The quantitative estimate of drug-likeness (QED) is 0.751. The van der Waals surface area contributed by atoms with Crippen molar-refractivity contribution in [3.05, 3.63) is 68.5 Å². The molecular formula is C16H13ClF3N5O. The lowest BCUT2D eigenvalue weighted by Gasteiger charge is -2.13. The Hall–Kier alpha value is -2.68. The fourth-order valence-electron chi connectivity index (χ4n) is 2.46. The Morgan fingerprint density at radius 3 is 2.62 bits per heavy atom. The van der Waals surface area contributed by atoms with Crippen molar-refractivity contribution in [1.82, 2.24) is 25.0 Å². The van der Waals surface area contributed by atoms with Crippen molar-refractivity contribution in [2.75, 3.05) is 0 Å². The van der Waals surface area contributed by atoms with E-state index in [1.54, 1.807) is 13.8 Å². The summed E-state index contributed by atoms with van der Waals surface area (Å²) < 4.78 is 38.3. The fraction of sp³-hybridized carbons (Fsp3) is 0.250. The van der Waals surface area contributed by atoms with E-state index in [9.17, 15) is 18.0 Å². The molecule has 1 aromatic carbocycles. The van der Waals surface area contributed by atoms with Crippen molar-refractivity contribution >= 4 is 11.6 Å². The van der Waals surface area contributed by atoms with Crippen LogP contribution in [0.3, 0.4) is 0 Å². The normalized spacial score (nSPS) is 13.0. The summed E-state index contributed by atoms with van der Waals surface area (Å²) in [5.74, 6) is 0.245. The molecule has 0 aliphatic carbocycles. The number of aryl methyl sites for hydroxylation is 1. The molecule has 0 aliphatic heterocycles. The predicted octanol–water partition coefficient (Wildman–Crippen LogP) is 3.48. The molecule has 0 amide bonds. The van der Waals surface area contributed by atoms with Crippen LogP contribution >= 0.6 is 11.6 Å². The summed E-state index contributed by atoms with van der Waals surface area (Å²) in [4.78, 5) is 19.4. The molecule has 2 aromatic heterocycles. The maximum Gasteiger partial charge on any atom is 0.416 e. The van der Waals surface area contributed by atoms with Crippen molar-refractivity contribution in [2.45, 2.75) is 25.9 Å². The third-order valence-corrected chi connectivity index (χ3v) is 4.13. The molecule has 0 radical (unpaired) electrons. The van der Waals surface area contributed by atoms with Crippen LogP contribution in [0.4, 0.5) is 13.2 Å². The summed E-state index contributed by atoms with van der Waals surface area (Å²) in [5, 5.41) is 8.32. The van der Waals surface area contributed by atoms with Crippen molar-refractivity contribution in [2.24, 2.45) is 0 Å². The van der Waals surface area contributed by atoms with E-state index in [0.717, 1.165) is 12.1 Å². The highest BCUT2D eigenvalue weighted by Crippen LogP contribution is 2.35. The van der Waals surface area contributed by atoms with Gasteiger partial charge in [0.2, 0.25) is 0 Å². The summed E-state index contributed by atoms with van der Waals surface area (Å²) in [6.45, 7) is 3.37. The van der Waals surface area contributed by atoms with E-state index in [2.05, 4.69) is 20.2 Å². The Morgan fingerprint density at radius 1 is 1.27 bits per heavy atom. The first-order chi connectivity index (χ1) is 12.1. The summed E-state index contributed by atoms with van der Waals surface area (Å²) in [7, 11) is 0. The van der Waals surface area contributed by atoms with Gasteiger partial charge in [0.1, 0.15) is 5.82 Å². The van der Waals surface area contributed by atoms with Crippen LogP contribution in [0.25, 0.3) is 5.82 Å². The number of hydrogen-bond acceptors (Lipinski definition) is 4. The zero-order valence-electron chi connectivity index (χ0n) is 13.7. The lowest BCUT2D eigenvalue weighted by atomic mass is 9.97. The van der Waals surface area contributed by atoms with Crippen molar-refractivity contribution in [1.29, 1.82) is 0 Å². The average molecular weight is 384 g/mol. The molecule has 0 bridgehead atoms. The second kappa shape index (κ2) is 6.56. The maximum absolute atomic E-state index is 12.8. The van der Waals surface area contributed by atoms with Gasteiger partial charge >= 0.3 is 6.18 Å². The molecule has 0 spiro atoms. The number of rotatable bonds is 3. The van der Waals surface area contributed by atoms with E-state index in [1.165, 1.54) is 23.1 Å². The van der Waals surface area contributed by atoms with E-state index < -0.39 is 17.7 Å². The first-order valence-corrected chi connectivity index (χ1v) is 7.90. The minimum atomic E-state index is -4.46. The van der Waals surface area contributed by atoms with Gasteiger partial charge in [0, 0.05) is 10.9 Å². The molecule has 2 heterocycles. The number of nitrogens with one attached hydrogen (secondary N) is 1. The molecule has 26 heavy (non-hydrogen) atoms. The number of nitrogens with zero attached hydrogens (tertiary/aromatic N) is 4. The molecule has 136 valence electrons. The van der Waals surface area contributed by atoms with Gasteiger partial charge in [-0.25, -0.2) is 4.98 Å². The van der Waals surface area contributed by atoms with Crippen LogP contribution in [0.5, 0.6) is 0 Å². The van der Waals surface area contributed by atoms with Crippen molar-refractivity contribution in [3.8, 4) is 5.82 Å². The Bertz CT molecular complexity index is 1010. The lowest BCUT2D eigenvalue weighted by molar-refractivity contribution is -0.137. The molecule has 6 nitrogen and oxygen atoms in total. The SMILES string of the molecule is Cc1nc(-n2ncc([C@H](C)c3ccc(C(F)(F)F)cc3Cl)n2)cc(=O)[nH]1. The smallest absolute Gasteiger partial charge is 0.311 e. The van der Waals surface area contributed by atoms with Gasteiger partial charge in [-0.2, -0.15) is 23.4 Å². The highest BCUT2D eigenvalue weighted by atomic mass is 35.5. The summed E-state index contributed by atoms with van der Waals surface area (Å²) in [6, 6.07) is 4.43. The zero-order valence-corrected chi connectivity index (χ0v) is 14.4. The molecule has 3 aromatic rings. The molecule has 1 atom stereocenters. The van der Waals surface area contributed by atoms with E-state index in [4.69, 9.17) is 11.6 Å². The van der Waals surface area contributed by atoms with Gasteiger partial charge in [0.15, 0.2) is 5.82 Å². The van der Waals surface area contributed by atoms with E-state index in [0.29, 0.717) is 17.1 Å². The Kier molecular flexibility index (Phi) is 4.57. The van der Waals surface area contributed by atoms with Gasteiger partial charge in [-0.05, 0) is 24.6 Å². The summed E-state index contributed by atoms with van der Waals surface area (Å²) in [5.41, 5.74) is -0.191. The van der Waals surface area contributed by atoms with E-state index in [1.807, 2.05) is 0 Å². The van der Waals surface area contributed by atoms with E-state index in [-0.39, 0.29) is 16.4 Å². The van der Waals surface area contributed by atoms with Crippen molar-refractivity contribution in [3.63, 3.8) is 0 Å². The Morgan fingerprint density at radius 2 is 2.00 bits per heavy atom. The van der Waals surface area contributed by atoms with Gasteiger partial charge in [-0.15, -0.1) is 4.80 Å². The predicted molar refractivity (Wildman–Crippen MR) is 88.5 cm³/mol. The molecular weight excluding hydrogens is 371 g/mol. The van der Waals surface area contributed by atoms with Crippen LogP contribution in [-0.4, -0.2) is 25.0 Å². The molecule has 10 heteroatoms. The zero-order chi connectivity index (χ0) is 19.1.